The molecule has 2 heterocycles. The van der Waals surface area contributed by atoms with E-state index in [0.29, 0.717) is 10.0 Å². The van der Waals surface area contributed by atoms with E-state index in [9.17, 15) is 5.11 Å². The molecule has 2 fully saturated rings. The molecule has 1 N–H and O–H groups in total. The number of aryl methyl sites for hydroxylation is 1. The number of halogens is 2. The highest BCUT2D eigenvalue weighted by Gasteiger charge is 2.52. The van der Waals surface area contributed by atoms with Crippen molar-refractivity contribution in [2.45, 2.75) is 38.3 Å². The molecule has 1 aromatic heterocycles. The van der Waals surface area contributed by atoms with Crippen LogP contribution in [0.4, 0.5) is 0 Å². The van der Waals surface area contributed by atoms with Gasteiger partial charge in [0, 0.05) is 37.7 Å². The van der Waals surface area contributed by atoms with Crippen molar-refractivity contribution in [2.75, 3.05) is 13.1 Å². The third-order valence-corrected chi connectivity index (χ3v) is 6.91. The molecule has 1 saturated heterocycles. The summed E-state index contributed by atoms with van der Waals surface area (Å²) >= 11 is 12.5. The lowest BCUT2D eigenvalue weighted by molar-refractivity contribution is -0.151. The van der Waals surface area contributed by atoms with E-state index in [4.69, 9.17) is 23.2 Å². The quantitative estimate of drug-likeness (QED) is 0.815. The smallest absolute Gasteiger partial charge is 0.114 e. The largest absolute Gasteiger partial charge is 0.383 e. The van der Waals surface area contributed by atoms with Gasteiger partial charge >= 0.3 is 0 Å². The van der Waals surface area contributed by atoms with E-state index in [1.807, 2.05) is 43.5 Å². The van der Waals surface area contributed by atoms with Crippen molar-refractivity contribution in [2.24, 2.45) is 11.8 Å². The van der Waals surface area contributed by atoms with Gasteiger partial charge in [-0.05, 0) is 43.0 Å². The van der Waals surface area contributed by atoms with Crippen LogP contribution in [0.2, 0.25) is 10.0 Å². The number of aliphatic hydroxyl groups is 1. The predicted octanol–water partition coefficient (Wildman–Crippen LogP) is 4.82. The fourth-order valence-corrected chi connectivity index (χ4v) is 5.09. The second kappa shape index (κ2) is 7.12. The van der Waals surface area contributed by atoms with E-state index in [0.717, 1.165) is 49.3 Å². The molecule has 0 spiro atoms. The molecule has 1 unspecified atom stereocenters. The summed E-state index contributed by atoms with van der Waals surface area (Å²) in [5.74, 6) is 0.395. The Balaban J connectivity index is 1.58. The first-order valence-corrected chi connectivity index (χ1v) is 10.0. The molecule has 1 aromatic carbocycles. The monoisotopic (exact) mass is 390 g/mol. The van der Waals surface area contributed by atoms with E-state index in [1.54, 1.807) is 0 Å². The highest BCUT2D eigenvalue weighted by atomic mass is 35.5. The summed E-state index contributed by atoms with van der Waals surface area (Å²) in [4.78, 5) is 7.00. The minimum absolute atomic E-state index is 0.197. The molecule has 1 saturated carbocycles. The van der Waals surface area contributed by atoms with Gasteiger partial charge in [0.1, 0.15) is 5.60 Å². The van der Waals surface area contributed by atoms with Crippen LogP contribution in [-0.2, 0) is 12.1 Å². The maximum Gasteiger partial charge on any atom is 0.114 e. The first kappa shape index (κ1) is 18.2. The number of rotatable bonds is 3. The standard InChI is InChI=1S/C21H24Cl2N2O/c1-14-8-9-19(24-10-14)21(26)16-5-3-6-17(21)13-25(12-16)11-15-4-2-7-18(22)20(15)23/h2,4,7-10,16-17,26H,3,5-6,11-13H2,1H3/t16-,17+,21?. The van der Waals surface area contributed by atoms with Crippen molar-refractivity contribution in [1.82, 2.24) is 9.88 Å². The maximum atomic E-state index is 11.7. The SMILES string of the molecule is Cc1ccc(C2(O)[C@@H]3CCC[C@H]2CN(Cc2cccc(Cl)c2Cl)C3)nc1. The molecule has 0 radical (unpaired) electrons. The molecule has 3 nitrogen and oxygen atoms in total. The molecule has 2 bridgehead atoms. The number of pyridine rings is 1. The molecule has 4 rings (SSSR count). The minimum Gasteiger partial charge on any atom is -0.383 e. The third-order valence-electron chi connectivity index (χ3n) is 6.05. The van der Waals surface area contributed by atoms with Crippen LogP contribution in [0, 0.1) is 18.8 Å². The summed E-state index contributed by atoms with van der Waals surface area (Å²) in [7, 11) is 0. The molecular formula is C21H24Cl2N2O. The summed E-state index contributed by atoms with van der Waals surface area (Å²) in [6.45, 7) is 4.50. The summed E-state index contributed by atoms with van der Waals surface area (Å²) in [5, 5.41) is 12.9. The van der Waals surface area contributed by atoms with Crippen LogP contribution in [0.15, 0.2) is 36.5 Å². The van der Waals surface area contributed by atoms with Crippen molar-refractivity contribution in [3.63, 3.8) is 0 Å². The highest BCUT2D eigenvalue weighted by molar-refractivity contribution is 6.42. The second-order valence-corrected chi connectivity index (χ2v) is 8.56. The van der Waals surface area contributed by atoms with Gasteiger partial charge in [0.2, 0.25) is 0 Å². The van der Waals surface area contributed by atoms with Gasteiger partial charge in [-0.15, -0.1) is 0 Å². The molecule has 0 amide bonds. The Labute approximate surface area is 165 Å². The van der Waals surface area contributed by atoms with Gasteiger partial charge < -0.3 is 5.11 Å². The molecule has 1 aliphatic heterocycles. The summed E-state index contributed by atoms with van der Waals surface area (Å²) in [6, 6.07) is 9.85. The van der Waals surface area contributed by atoms with Crippen molar-refractivity contribution >= 4 is 23.2 Å². The molecular weight excluding hydrogens is 367 g/mol. The van der Waals surface area contributed by atoms with Gasteiger partial charge in [0.25, 0.3) is 0 Å². The zero-order valence-electron chi connectivity index (χ0n) is 15.0. The van der Waals surface area contributed by atoms with Gasteiger partial charge in [0.05, 0.1) is 15.7 Å². The lowest BCUT2D eigenvalue weighted by Gasteiger charge is -2.52. The Morgan fingerprint density at radius 2 is 1.88 bits per heavy atom. The van der Waals surface area contributed by atoms with E-state index in [2.05, 4.69) is 9.88 Å². The van der Waals surface area contributed by atoms with Crippen LogP contribution in [0.3, 0.4) is 0 Å². The number of fused-ring (bicyclic) bond motifs is 2. The number of likely N-dealkylation sites (tertiary alicyclic amines) is 1. The Kier molecular flexibility index (Phi) is 5.00. The van der Waals surface area contributed by atoms with Crippen LogP contribution in [0.5, 0.6) is 0 Å². The average molecular weight is 391 g/mol. The molecule has 3 atom stereocenters. The van der Waals surface area contributed by atoms with Gasteiger partial charge in [-0.2, -0.15) is 0 Å². The van der Waals surface area contributed by atoms with E-state index in [1.165, 1.54) is 6.42 Å². The maximum absolute atomic E-state index is 11.7. The van der Waals surface area contributed by atoms with Gasteiger partial charge in [-0.1, -0.05) is 47.8 Å². The van der Waals surface area contributed by atoms with Crippen molar-refractivity contribution < 1.29 is 5.11 Å². The zero-order chi connectivity index (χ0) is 18.3. The van der Waals surface area contributed by atoms with Crippen molar-refractivity contribution in [3.8, 4) is 0 Å². The van der Waals surface area contributed by atoms with E-state index in [-0.39, 0.29) is 11.8 Å². The van der Waals surface area contributed by atoms with Crippen LogP contribution in [0.25, 0.3) is 0 Å². The molecule has 138 valence electrons. The molecule has 2 aliphatic rings. The van der Waals surface area contributed by atoms with Gasteiger partial charge in [-0.25, -0.2) is 0 Å². The van der Waals surface area contributed by atoms with E-state index >= 15 is 0 Å². The Morgan fingerprint density at radius 3 is 2.54 bits per heavy atom. The number of hydrogen-bond donors (Lipinski definition) is 1. The predicted molar refractivity (Wildman–Crippen MR) is 105 cm³/mol. The van der Waals surface area contributed by atoms with Crippen molar-refractivity contribution in [3.05, 3.63) is 63.4 Å². The summed E-state index contributed by atoms with van der Waals surface area (Å²) < 4.78 is 0. The van der Waals surface area contributed by atoms with Crippen LogP contribution >= 0.6 is 23.2 Å². The normalized spacial score (nSPS) is 28.9. The first-order chi connectivity index (χ1) is 12.5. The summed E-state index contributed by atoms with van der Waals surface area (Å²) in [6.07, 6.45) is 5.10. The zero-order valence-corrected chi connectivity index (χ0v) is 16.5. The van der Waals surface area contributed by atoms with E-state index < -0.39 is 5.60 Å². The lowest BCUT2D eigenvalue weighted by atomic mass is 9.64. The molecule has 26 heavy (non-hydrogen) atoms. The topological polar surface area (TPSA) is 36.4 Å². The first-order valence-electron chi connectivity index (χ1n) is 9.29. The van der Waals surface area contributed by atoms with Crippen LogP contribution < -0.4 is 0 Å². The lowest BCUT2D eigenvalue weighted by Crippen LogP contribution is -2.58. The number of aromatic nitrogens is 1. The third kappa shape index (κ3) is 3.16. The molecule has 1 aliphatic carbocycles. The highest BCUT2D eigenvalue weighted by Crippen LogP contribution is 2.49. The number of hydrogen-bond acceptors (Lipinski definition) is 3. The van der Waals surface area contributed by atoms with Crippen LogP contribution in [-0.4, -0.2) is 28.1 Å². The average Bonchev–Trinajstić information content (AvgIpc) is 2.60. The summed E-state index contributed by atoms with van der Waals surface area (Å²) in [5.41, 5.74) is 2.19. The van der Waals surface area contributed by atoms with Gasteiger partial charge in [0.15, 0.2) is 0 Å². The number of benzene rings is 1. The number of piperidine rings is 1. The Bertz CT molecular complexity index is 779. The minimum atomic E-state index is -0.819. The van der Waals surface area contributed by atoms with Crippen LogP contribution in [0.1, 0.15) is 36.1 Å². The molecule has 2 aromatic rings. The fraction of sp³-hybridized carbons (Fsp3) is 0.476. The second-order valence-electron chi connectivity index (χ2n) is 7.78. The number of nitrogens with zero attached hydrogens (tertiary/aromatic N) is 2. The fourth-order valence-electron chi connectivity index (χ4n) is 4.71. The van der Waals surface area contributed by atoms with Crippen molar-refractivity contribution in [1.29, 1.82) is 0 Å². The molecule has 5 heteroatoms. The Morgan fingerprint density at radius 1 is 1.15 bits per heavy atom. The Hall–Kier alpha value is -1.13. The van der Waals surface area contributed by atoms with Gasteiger partial charge in [-0.3, -0.25) is 9.88 Å².